The number of hydrogen-bond donors (Lipinski definition) is 4. The van der Waals surface area contributed by atoms with Crippen molar-refractivity contribution in [3.05, 3.63) is 0 Å². The van der Waals surface area contributed by atoms with Gasteiger partial charge in [-0.15, -0.1) is 0 Å². The molecule has 0 aromatic heterocycles. The van der Waals surface area contributed by atoms with Crippen LogP contribution in [0, 0.1) is 0 Å². The minimum atomic E-state index is -4.33. The zero-order valence-corrected chi connectivity index (χ0v) is 12.4. The Morgan fingerprint density at radius 2 is 1.53 bits per heavy atom. The summed E-state index contributed by atoms with van der Waals surface area (Å²) < 4.78 is 30.6. The van der Waals surface area contributed by atoms with Gasteiger partial charge in [-0.2, -0.15) is 0 Å². The smallest absolute Gasteiger partial charge is 0.748 e. The normalized spacial score (nSPS) is 12.3. The molecule has 4 N–H and O–H groups in total. The van der Waals surface area contributed by atoms with Crippen molar-refractivity contribution < 1.29 is 79.7 Å². The summed E-state index contributed by atoms with van der Waals surface area (Å²) in [5.74, 6) is -0.658. The second-order valence-electron chi connectivity index (χ2n) is 2.94. The number of nitrogens with one attached hydrogen (secondary N) is 1. The summed E-state index contributed by atoms with van der Waals surface area (Å²) in [7, 11) is -4.33. The van der Waals surface area contributed by atoms with Crippen molar-refractivity contribution in [2.45, 2.75) is 5.54 Å². The predicted molar refractivity (Wildman–Crippen MR) is 46.6 cm³/mol. The topological polar surface area (TPSA) is 130 Å². The van der Waals surface area contributed by atoms with Crippen LogP contribution in [0.4, 0.5) is 0 Å². The molecule has 0 rings (SSSR count). The van der Waals surface area contributed by atoms with Gasteiger partial charge in [0, 0.05) is 6.54 Å². The molecule has 0 amide bonds. The van der Waals surface area contributed by atoms with E-state index in [1.807, 2.05) is 0 Å². The zero-order valence-electron chi connectivity index (χ0n) is 8.51. The van der Waals surface area contributed by atoms with Gasteiger partial charge >= 0.3 is 51.4 Å². The first-order valence-electron chi connectivity index (χ1n) is 3.90. The third-order valence-corrected chi connectivity index (χ3v) is 2.46. The third kappa shape index (κ3) is 8.16. The van der Waals surface area contributed by atoms with E-state index in [1.165, 1.54) is 0 Å². The van der Waals surface area contributed by atoms with Crippen molar-refractivity contribution in [1.29, 1.82) is 0 Å². The van der Waals surface area contributed by atoms with Crippen LogP contribution < -0.4 is 56.7 Å². The van der Waals surface area contributed by atoms with Gasteiger partial charge in [-0.05, 0) is 0 Å². The van der Waals surface area contributed by atoms with Crippen LogP contribution in [0.3, 0.4) is 0 Å². The van der Waals surface area contributed by atoms with E-state index < -0.39 is 41.2 Å². The minimum absolute atomic E-state index is 0. The molecule has 0 aliphatic carbocycles. The number of hydrogen-bond acceptors (Lipinski definition) is 7. The Bertz CT molecular complexity index is 244. The summed E-state index contributed by atoms with van der Waals surface area (Å²) >= 11 is 0. The van der Waals surface area contributed by atoms with E-state index in [2.05, 4.69) is 5.32 Å². The molecule has 0 aliphatic heterocycles. The minimum Gasteiger partial charge on any atom is -0.748 e. The average molecular weight is 267 g/mol. The molecule has 0 heterocycles. The molecule has 86 valence electrons. The van der Waals surface area contributed by atoms with E-state index in [0.717, 1.165) is 0 Å². The van der Waals surface area contributed by atoms with Crippen LogP contribution in [-0.2, 0) is 10.1 Å². The van der Waals surface area contributed by atoms with Crippen LogP contribution in [0.15, 0.2) is 0 Å². The number of aliphatic hydroxyl groups is 3. The largest absolute Gasteiger partial charge is 1.00 e. The van der Waals surface area contributed by atoms with E-state index in [1.54, 1.807) is 0 Å². The summed E-state index contributed by atoms with van der Waals surface area (Å²) in [4.78, 5) is 0. The first-order chi connectivity index (χ1) is 6.39. The predicted octanol–water partition coefficient (Wildman–Crippen LogP) is -6.16. The fraction of sp³-hybridized carbons (Fsp3) is 1.00. The van der Waals surface area contributed by atoms with Crippen LogP contribution in [0.2, 0.25) is 0 Å². The molecule has 15 heavy (non-hydrogen) atoms. The number of rotatable bonds is 7. The molecule has 0 radical (unpaired) electrons. The Hall–Kier alpha value is 1.39. The first-order valence-corrected chi connectivity index (χ1v) is 5.48. The third-order valence-electron chi connectivity index (χ3n) is 1.76. The Morgan fingerprint density at radius 1 is 1.13 bits per heavy atom. The SMILES string of the molecule is O=S(=O)([O-])CCNC(CO)(CO)CO.[K+]. The molecule has 0 unspecified atom stereocenters. The van der Waals surface area contributed by atoms with Gasteiger partial charge < -0.3 is 25.2 Å². The Balaban J connectivity index is 0. The second-order valence-corrected chi connectivity index (χ2v) is 4.47. The van der Waals surface area contributed by atoms with Crippen LogP contribution in [0.25, 0.3) is 0 Å². The zero-order chi connectivity index (χ0) is 11.2. The molecule has 0 saturated carbocycles. The number of aliphatic hydroxyl groups excluding tert-OH is 3. The molecule has 7 nitrogen and oxygen atoms in total. The maximum absolute atomic E-state index is 10.2. The summed E-state index contributed by atoms with van der Waals surface area (Å²) in [5, 5.41) is 28.8. The molecule has 0 fully saturated rings. The van der Waals surface area contributed by atoms with Gasteiger partial charge in [-0.3, -0.25) is 0 Å². The Labute approximate surface area is 131 Å². The van der Waals surface area contributed by atoms with Gasteiger partial charge in [-0.1, -0.05) is 0 Å². The Morgan fingerprint density at radius 3 is 1.80 bits per heavy atom. The summed E-state index contributed by atoms with van der Waals surface area (Å²) in [6, 6.07) is 0. The molecule has 9 heteroatoms. The molecule has 0 saturated heterocycles. The molecule has 0 atom stereocenters. The van der Waals surface area contributed by atoms with Gasteiger partial charge in [-0.25, -0.2) is 8.42 Å². The summed E-state index contributed by atoms with van der Waals surface area (Å²) in [6.45, 7) is -1.90. The van der Waals surface area contributed by atoms with Crippen molar-refractivity contribution in [1.82, 2.24) is 5.32 Å². The fourth-order valence-electron chi connectivity index (χ4n) is 0.759. The molecule has 0 bridgehead atoms. The first kappa shape index (κ1) is 18.7. The molecular weight excluding hydrogens is 253 g/mol. The maximum atomic E-state index is 10.2. The quantitative estimate of drug-likeness (QED) is 0.267. The molecule has 0 aromatic carbocycles. The van der Waals surface area contributed by atoms with Crippen LogP contribution in [0.1, 0.15) is 0 Å². The van der Waals surface area contributed by atoms with Gasteiger partial charge in [0.05, 0.1) is 41.2 Å². The maximum Gasteiger partial charge on any atom is 1.00 e. The molecule has 0 aromatic rings. The standard InChI is InChI=1S/C6H15NO6S.K/c8-3-6(4-9,5-10)7-1-2-14(11,12)13;/h7-10H,1-5H2,(H,11,12,13);/q;+1/p-1. The molecule has 0 aliphatic rings. The van der Waals surface area contributed by atoms with Gasteiger partial charge in [0.25, 0.3) is 0 Å². The van der Waals surface area contributed by atoms with Crippen molar-refractivity contribution in [3.63, 3.8) is 0 Å². The summed E-state index contributed by atoms with van der Waals surface area (Å²) in [5.41, 5.74) is -1.34. The van der Waals surface area contributed by atoms with E-state index in [4.69, 9.17) is 15.3 Å². The van der Waals surface area contributed by atoms with E-state index in [9.17, 15) is 13.0 Å². The van der Waals surface area contributed by atoms with Gasteiger partial charge in [0.1, 0.15) is 0 Å². The Kier molecular flexibility index (Phi) is 10.6. The van der Waals surface area contributed by atoms with Crippen molar-refractivity contribution in [2.24, 2.45) is 0 Å². The van der Waals surface area contributed by atoms with Gasteiger partial charge in [0.2, 0.25) is 0 Å². The van der Waals surface area contributed by atoms with Crippen LogP contribution in [0.5, 0.6) is 0 Å². The monoisotopic (exact) mass is 267 g/mol. The van der Waals surface area contributed by atoms with Gasteiger partial charge in [0.15, 0.2) is 0 Å². The van der Waals surface area contributed by atoms with Crippen LogP contribution >= 0.6 is 0 Å². The van der Waals surface area contributed by atoms with Crippen molar-refractivity contribution in [2.75, 3.05) is 32.1 Å². The average Bonchev–Trinajstić information content (AvgIpc) is 2.11. The fourth-order valence-corrected chi connectivity index (χ4v) is 1.11. The van der Waals surface area contributed by atoms with E-state index in [-0.39, 0.29) is 57.9 Å². The molecular formula is C6H14KNO6S. The van der Waals surface area contributed by atoms with E-state index >= 15 is 0 Å². The summed E-state index contributed by atoms with van der Waals surface area (Å²) in [6.07, 6.45) is 0. The van der Waals surface area contributed by atoms with Crippen molar-refractivity contribution in [3.8, 4) is 0 Å². The molecule has 0 spiro atoms. The second kappa shape index (κ2) is 8.47. The van der Waals surface area contributed by atoms with E-state index in [0.29, 0.717) is 0 Å². The van der Waals surface area contributed by atoms with Crippen LogP contribution in [-0.4, -0.2) is 65.9 Å². The van der Waals surface area contributed by atoms with Crippen molar-refractivity contribution >= 4 is 10.1 Å².